The first-order valence-corrected chi connectivity index (χ1v) is 11.5. The second-order valence-electron chi connectivity index (χ2n) is 7.75. The maximum Gasteiger partial charge on any atom is 0.240 e. The number of nitrogens with one attached hydrogen (secondary N) is 1. The summed E-state index contributed by atoms with van der Waals surface area (Å²) in [7, 11) is -3.59. The summed E-state index contributed by atoms with van der Waals surface area (Å²) >= 11 is 0. The Morgan fingerprint density at radius 2 is 1.83 bits per heavy atom. The van der Waals surface area contributed by atoms with Crippen LogP contribution in [0, 0.1) is 5.92 Å². The van der Waals surface area contributed by atoms with Gasteiger partial charge in [-0.1, -0.05) is 30.3 Å². The van der Waals surface area contributed by atoms with Crippen LogP contribution in [0.5, 0.6) is 5.75 Å². The Balaban J connectivity index is 1.41. The van der Waals surface area contributed by atoms with Crippen LogP contribution < -0.4 is 9.46 Å². The highest BCUT2D eigenvalue weighted by atomic mass is 32.2. The Bertz CT molecular complexity index is 960. The lowest BCUT2D eigenvalue weighted by atomic mass is 10.0. The van der Waals surface area contributed by atoms with Crippen molar-refractivity contribution in [1.29, 1.82) is 0 Å². The molecule has 2 aliphatic rings. The van der Waals surface area contributed by atoms with E-state index in [4.69, 9.17) is 4.74 Å². The fourth-order valence-electron chi connectivity index (χ4n) is 4.45. The average Bonchev–Trinajstić information content (AvgIpc) is 3.30. The van der Waals surface area contributed by atoms with Crippen molar-refractivity contribution in [2.24, 2.45) is 5.92 Å². The topological polar surface area (TPSA) is 75.7 Å². The van der Waals surface area contributed by atoms with Gasteiger partial charge in [0.25, 0.3) is 0 Å². The van der Waals surface area contributed by atoms with Crippen LogP contribution in [0.25, 0.3) is 0 Å². The SMILES string of the molecule is CCOc1ccc(CC(=O)N2C[C@@H]3C[C@H](NS(=O)(=O)c4ccccc4)[C@H]2C3)cc1. The fourth-order valence-corrected chi connectivity index (χ4v) is 5.76. The van der Waals surface area contributed by atoms with Gasteiger partial charge in [0.05, 0.1) is 17.9 Å². The van der Waals surface area contributed by atoms with Gasteiger partial charge in [0, 0.05) is 18.6 Å². The van der Waals surface area contributed by atoms with Crippen molar-refractivity contribution in [3.63, 3.8) is 0 Å². The standard InChI is InChI=1S/C22H26N2O4S/c1-2-28-18-10-8-16(9-11-18)14-22(25)24-15-17-12-20(21(24)13-17)23-29(26,27)19-6-4-3-5-7-19/h3-11,17,20-21,23H,2,12-15H2,1H3/t17-,20+,21-/m1/s1. The van der Waals surface area contributed by atoms with E-state index in [1.165, 1.54) is 0 Å². The van der Waals surface area contributed by atoms with Crippen molar-refractivity contribution < 1.29 is 17.9 Å². The van der Waals surface area contributed by atoms with E-state index in [1.54, 1.807) is 30.3 Å². The zero-order chi connectivity index (χ0) is 20.4. The highest BCUT2D eigenvalue weighted by Crippen LogP contribution is 2.38. The molecule has 3 atom stereocenters. The van der Waals surface area contributed by atoms with Crippen molar-refractivity contribution in [2.75, 3.05) is 13.2 Å². The van der Waals surface area contributed by atoms with Crippen LogP contribution in [0.2, 0.25) is 0 Å². The van der Waals surface area contributed by atoms with Gasteiger partial charge in [0.15, 0.2) is 0 Å². The number of fused-ring (bicyclic) bond motifs is 2. The van der Waals surface area contributed by atoms with Gasteiger partial charge >= 0.3 is 0 Å². The highest BCUT2D eigenvalue weighted by Gasteiger charge is 2.47. The first-order chi connectivity index (χ1) is 14.0. The Hall–Kier alpha value is -2.38. The normalized spacial score (nSPS) is 23.3. The van der Waals surface area contributed by atoms with E-state index in [9.17, 15) is 13.2 Å². The zero-order valence-corrected chi connectivity index (χ0v) is 17.3. The Morgan fingerprint density at radius 3 is 2.48 bits per heavy atom. The smallest absolute Gasteiger partial charge is 0.240 e. The molecular weight excluding hydrogens is 388 g/mol. The third-order valence-electron chi connectivity index (χ3n) is 5.75. The maximum absolute atomic E-state index is 12.9. The third-order valence-corrected chi connectivity index (χ3v) is 7.26. The summed E-state index contributed by atoms with van der Waals surface area (Å²) in [5, 5.41) is 0. The van der Waals surface area contributed by atoms with Gasteiger partial charge in [-0.05, 0) is 55.5 Å². The van der Waals surface area contributed by atoms with E-state index in [0.29, 0.717) is 25.5 Å². The molecule has 2 bridgehead atoms. The molecule has 0 aromatic heterocycles. The molecule has 1 saturated carbocycles. The molecule has 1 saturated heterocycles. The second kappa shape index (κ2) is 8.16. The van der Waals surface area contributed by atoms with E-state index in [1.807, 2.05) is 36.1 Å². The van der Waals surface area contributed by atoms with E-state index in [-0.39, 0.29) is 22.9 Å². The Labute approximate surface area is 171 Å². The maximum atomic E-state index is 12.9. The minimum atomic E-state index is -3.59. The summed E-state index contributed by atoms with van der Waals surface area (Å²) in [4.78, 5) is 15.0. The van der Waals surface area contributed by atoms with Gasteiger partial charge in [-0.15, -0.1) is 0 Å². The van der Waals surface area contributed by atoms with Crippen LogP contribution in [0.4, 0.5) is 0 Å². The number of carbonyl (C=O) groups is 1. The molecule has 0 radical (unpaired) electrons. The molecule has 1 N–H and O–H groups in total. The monoisotopic (exact) mass is 414 g/mol. The molecule has 2 aromatic carbocycles. The Morgan fingerprint density at radius 1 is 1.10 bits per heavy atom. The lowest BCUT2D eigenvalue weighted by molar-refractivity contribution is -0.132. The largest absolute Gasteiger partial charge is 0.494 e. The molecule has 1 aliphatic heterocycles. The van der Waals surface area contributed by atoms with Gasteiger partial charge in [0.1, 0.15) is 5.75 Å². The fraction of sp³-hybridized carbons (Fsp3) is 0.409. The number of nitrogens with zero attached hydrogens (tertiary/aromatic N) is 1. The molecule has 0 unspecified atom stereocenters. The summed E-state index contributed by atoms with van der Waals surface area (Å²) in [5.41, 5.74) is 0.933. The lowest BCUT2D eigenvalue weighted by Gasteiger charge is -2.33. The molecule has 1 amide bonds. The van der Waals surface area contributed by atoms with Crippen molar-refractivity contribution in [2.45, 2.75) is 43.2 Å². The molecule has 4 rings (SSSR count). The van der Waals surface area contributed by atoms with Gasteiger partial charge < -0.3 is 9.64 Å². The van der Waals surface area contributed by atoms with E-state index in [2.05, 4.69) is 4.72 Å². The molecule has 2 fully saturated rings. The second-order valence-corrected chi connectivity index (χ2v) is 9.46. The minimum Gasteiger partial charge on any atom is -0.494 e. The third kappa shape index (κ3) is 4.31. The summed E-state index contributed by atoms with van der Waals surface area (Å²) in [6.07, 6.45) is 1.95. The zero-order valence-electron chi connectivity index (χ0n) is 16.5. The molecule has 29 heavy (non-hydrogen) atoms. The Kier molecular flexibility index (Phi) is 5.61. The summed E-state index contributed by atoms with van der Waals surface area (Å²) in [6.45, 7) is 3.25. The number of rotatable bonds is 7. The van der Waals surface area contributed by atoms with Gasteiger partial charge in [-0.2, -0.15) is 0 Å². The summed E-state index contributed by atoms with van der Waals surface area (Å²) in [6, 6.07) is 15.6. The predicted molar refractivity (Wildman–Crippen MR) is 110 cm³/mol. The number of sulfonamides is 1. The lowest BCUT2D eigenvalue weighted by Crippen LogP contribution is -2.52. The number of amides is 1. The number of piperidine rings is 1. The van der Waals surface area contributed by atoms with Crippen LogP contribution >= 0.6 is 0 Å². The number of carbonyl (C=O) groups excluding carboxylic acids is 1. The first kappa shape index (κ1) is 19.9. The number of benzene rings is 2. The van der Waals surface area contributed by atoms with Crippen LogP contribution in [-0.4, -0.2) is 44.5 Å². The number of hydrogen-bond donors (Lipinski definition) is 1. The number of ether oxygens (including phenoxy) is 1. The quantitative estimate of drug-likeness (QED) is 0.756. The molecule has 1 heterocycles. The van der Waals surface area contributed by atoms with Crippen molar-refractivity contribution in [3.8, 4) is 5.75 Å². The molecule has 0 spiro atoms. The van der Waals surface area contributed by atoms with Gasteiger partial charge in [-0.25, -0.2) is 13.1 Å². The first-order valence-electron chi connectivity index (χ1n) is 10.0. The van der Waals surface area contributed by atoms with Crippen molar-refractivity contribution in [1.82, 2.24) is 9.62 Å². The highest BCUT2D eigenvalue weighted by molar-refractivity contribution is 7.89. The predicted octanol–water partition coefficient (Wildman–Crippen LogP) is 2.60. The average molecular weight is 415 g/mol. The molecule has 154 valence electrons. The minimum absolute atomic E-state index is 0.0465. The van der Waals surface area contributed by atoms with Crippen molar-refractivity contribution >= 4 is 15.9 Å². The van der Waals surface area contributed by atoms with Crippen LogP contribution in [0.15, 0.2) is 59.5 Å². The summed E-state index contributed by atoms with van der Waals surface area (Å²) in [5.74, 6) is 1.19. The van der Waals surface area contributed by atoms with Crippen LogP contribution in [0.1, 0.15) is 25.3 Å². The van der Waals surface area contributed by atoms with Crippen LogP contribution in [0.3, 0.4) is 0 Å². The van der Waals surface area contributed by atoms with Crippen molar-refractivity contribution in [3.05, 3.63) is 60.2 Å². The van der Waals surface area contributed by atoms with Gasteiger partial charge in [0.2, 0.25) is 15.9 Å². The van der Waals surface area contributed by atoms with E-state index < -0.39 is 10.0 Å². The number of hydrogen-bond acceptors (Lipinski definition) is 4. The molecular formula is C22H26N2O4S. The molecule has 7 heteroatoms. The van der Waals surface area contributed by atoms with Gasteiger partial charge in [-0.3, -0.25) is 4.79 Å². The van der Waals surface area contributed by atoms with E-state index in [0.717, 1.165) is 24.2 Å². The summed E-state index contributed by atoms with van der Waals surface area (Å²) < 4.78 is 33.7. The molecule has 6 nitrogen and oxygen atoms in total. The van der Waals surface area contributed by atoms with E-state index >= 15 is 0 Å². The van der Waals surface area contributed by atoms with Crippen LogP contribution in [-0.2, 0) is 21.2 Å². The molecule has 2 aromatic rings. The molecule has 1 aliphatic carbocycles. The number of likely N-dealkylation sites (tertiary alicyclic amines) is 1.